The zero-order valence-electron chi connectivity index (χ0n) is 7.62. The molecule has 4 nitrogen and oxygen atoms in total. The van der Waals surface area contributed by atoms with Gasteiger partial charge in [0.05, 0.1) is 19.8 Å². The molecule has 0 radical (unpaired) electrons. The third-order valence-corrected chi connectivity index (χ3v) is 1.88. The summed E-state index contributed by atoms with van der Waals surface area (Å²) < 4.78 is 15.1. The zero-order valence-corrected chi connectivity index (χ0v) is 7.62. The molecule has 0 saturated carbocycles. The summed E-state index contributed by atoms with van der Waals surface area (Å²) in [5.74, 6) is -1.68. The van der Waals surface area contributed by atoms with Gasteiger partial charge in [0.15, 0.2) is 0 Å². The van der Waals surface area contributed by atoms with Gasteiger partial charge in [-0.3, -0.25) is 0 Å². The summed E-state index contributed by atoms with van der Waals surface area (Å²) in [7, 11) is 1.32. The lowest BCUT2D eigenvalue weighted by atomic mass is 10.2. The highest BCUT2D eigenvalue weighted by Crippen LogP contribution is 2.23. The number of carbonyl (C=O) groups excluding carboxylic acids is 1. The van der Waals surface area contributed by atoms with Crippen molar-refractivity contribution in [1.82, 2.24) is 0 Å². The molecule has 12 heavy (non-hydrogen) atoms. The summed E-state index contributed by atoms with van der Waals surface area (Å²) in [5.41, 5.74) is 0. The fraction of sp³-hybridized carbons (Fsp3) is 0.875. The van der Waals surface area contributed by atoms with Crippen LogP contribution in [0.25, 0.3) is 0 Å². The summed E-state index contributed by atoms with van der Waals surface area (Å²) in [5, 5.41) is 0. The molecule has 0 N–H and O–H groups in total. The number of carbonyl (C=O) groups is 1. The van der Waals surface area contributed by atoms with E-state index in [0.29, 0.717) is 6.61 Å². The number of ether oxygens (including phenoxy) is 3. The van der Waals surface area contributed by atoms with Crippen LogP contribution in [0.4, 0.5) is 0 Å². The minimum absolute atomic E-state index is 0.0443. The van der Waals surface area contributed by atoms with Crippen LogP contribution < -0.4 is 0 Å². The Labute approximate surface area is 71.8 Å². The van der Waals surface area contributed by atoms with Crippen molar-refractivity contribution in [2.24, 2.45) is 0 Å². The lowest BCUT2D eigenvalue weighted by molar-refractivity contribution is -0.277. The van der Waals surface area contributed by atoms with Gasteiger partial charge in [0.25, 0.3) is 5.79 Å². The quantitative estimate of drug-likeness (QED) is 0.549. The average Bonchev–Trinajstić information content (AvgIpc) is 2.02. The van der Waals surface area contributed by atoms with Crippen molar-refractivity contribution >= 4 is 5.97 Å². The smallest absolute Gasteiger partial charge is 0.366 e. The van der Waals surface area contributed by atoms with E-state index in [4.69, 9.17) is 9.47 Å². The van der Waals surface area contributed by atoms with Crippen LogP contribution in [-0.4, -0.2) is 31.6 Å². The van der Waals surface area contributed by atoms with Crippen molar-refractivity contribution < 1.29 is 19.0 Å². The van der Waals surface area contributed by atoms with Crippen LogP contribution in [0.1, 0.15) is 20.3 Å². The molecule has 0 spiro atoms. The Morgan fingerprint density at radius 1 is 1.67 bits per heavy atom. The van der Waals surface area contributed by atoms with Crippen LogP contribution in [0.15, 0.2) is 0 Å². The van der Waals surface area contributed by atoms with E-state index in [0.717, 1.165) is 6.42 Å². The van der Waals surface area contributed by atoms with Gasteiger partial charge in [0.1, 0.15) is 0 Å². The van der Waals surface area contributed by atoms with Crippen LogP contribution in [0, 0.1) is 0 Å². The molecular formula is C8H14O4. The molecule has 0 aromatic carbocycles. The molecule has 1 fully saturated rings. The van der Waals surface area contributed by atoms with E-state index in [2.05, 4.69) is 4.74 Å². The highest BCUT2D eigenvalue weighted by Gasteiger charge is 2.41. The van der Waals surface area contributed by atoms with Crippen LogP contribution >= 0.6 is 0 Å². The van der Waals surface area contributed by atoms with E-state index >= 15 is 0 Å². The SMILES string of the molecule is COC(=O)C1(C)OCC[C@@H](C)O1. The third kappa shape index (κ3) is 1.76. The Morgan fingerprint density at radius 3 is 2.83 bits per heavy atom. The third-order valence-electron chi connectivity index (χ3n) is 1.88. The molecule has 1 saturated heterocycles. The van der Waals surface area contributed by atoms with Gasteiger partial charge in [0, 0.05) is 6.92 Å². The van der Waals surface area contributed by atoms with Gasteiger partial charge in [-0.05, 0) is 13.3 Å². The number of hydrogen-bond acceptors (Lipinski definition) is 4. The first-order valence-corrected chi connectivity index (χ1v) is 3.98. The zero-order chi connectivity index (χ0) is 9.19. The highest BCUT2D eigenvalue weighted by molar-refractivity contribution is 5.77. The molecule has 1 heterocycles. The van der Waals surface area contributed by atoms with Crippen LogP contribution in [0.5, 0.6) is 0 Å². The molecule has 2 atom stereocenters. The molecule has 1 aliphatic heterocycles. The van der Waals surface area contributed by atoms with Gasteiger partial charge in [0.2, 0.25) is 0 Å². The molecule has 0 aromatic heterocycles. The number of rotatable bonds is 1. The van der Waals surface area contributed by atoms with Gasteiger partial charge in [-0.1, -0.05) is 0 Å². The summed E-state index contributed by atoms with van der Waals surface area (Å²) in [6, 6.07) is 0. The Balaban J connectivity index is 2.63. The van der Waals surface area contributed by atoms with Crippen molar-refractivity contribution in [2.75, 3.05) is 13.7 Å². The number of methoxy groups -OCH3 is 1. The van der Waals surface area contributed by atoms with E-state index in [1.165, 1.54) is 7.11 Å². The second-order valence-corrected chi connectivity index (χ2v) is 3.00. The first-order chi connectivity index (χ1) is 5.58. The second-order valence-electron chi connectivity index (χ2n) is 3.00. The fourth-order valence-corrected chi connectivity index (χ4v) is 1.19. The van der Waals surface area contributed by atoms with Crippen molar-refractivity contribution in [3.63, 3.8) is 0 Å². The van der Waals surface area contributed by atoms with Crippen molar-refractivity contribution in [3.8, 4) is 0 Å². The molecule has 0 bridgehead atoms. The standard InChI is InChI=1S/C8H14O4/c1-6-4-5-11-8(2,12-6)7(9)10-3/h6H,4-5H2,1-3H3/t6-,8?/m1/s1. The minimum atomic E-state index is -1.20. The summed E-state index contributed by atoms with van der Waals surface area (Å²) in [4.78, 5) is 11.2. The van der Waals surface area contributed by atoms with Crippen LogP contribution in [0.3, 0.4) is 0 Å². The Bertz CT molecular complexity index is 180. The molecule has 70 valence electrons. The summed E-state index contributed by atoms with van der Waals surface area (Å²) >= 11 is 0. The maximum atomic E-state index is 11.2. The molecule has 0 amide bonds. The molecule has 1 rings (SSSR count). The Morgan fingerprint density at radius 2 is 2.33 bits per heavy atom. The van der Waals surface area contributed by atoms with Gasteiger partial charge in [-0.2, -0.15) is 0 Å². The molecule has 4 heteroatoms. The number of esters is 1. The fourth-order valence-electron chi connectivity index (χ4n) is 1.19. The van der Waals surface area contributed by atoms with E-state index in [-0.39, 0.29) is 6.10 Å². The van der Waals surface area contributed by atoms with Crippen molar-refractivity contribution in [1.29, 1.82) is 0 Å². The first-order valence-electron chi connectivity index (χ1n) is 3.98. The lowest BCUT2D eigenvalue weighted by Crippen LogP contribution is -2.48. The van der Waals surface area contributed by atoms with E-state index in [9.17, 15) is 4.79 Å². The molecular weight excluding hydrogens is 160 g/mol. The maximum Gasteiger partial charge on any atom is 0.366 e. The average molecular weight is 174 g/mol. The van der Waals surface area contributed by atoms with Gasteiger partial charge in [-0.15, -0.1) is 0 Å². The molecule has 0 aliphatic carbocycles. The van der Waals surface area contributed by atoms with Gasteiger partial charge >= 0.3 is 5.97 Å². The first kappa shape index (κ1) is 9.48. The summed E-state index contributed by atoms with van der Waals surface area (Å²) in [6.07, 6.45) is 0.856. The number of hydrogen-bond donors (Lipinski definition) is 0. The Kier molecular flexibility index (Phi) is 2.69. The maximum absolute atomic E-state index is 11.2. The lowest BCUT2D eigenvalue weighted by Gasteiger charge is -2.34. The monoisotopic (exact) mass is 174 g/mol. The largest absolute Gasteiger partial charge is 0.465 e. The predicted molar refractivity (Wildman–Crippen MR) is 41.5 cm³/mol. The predicted octanol–water partition coefficient (Wildman–Crippen LogP) is 0.701. The molecule has 0 aromatic rings. The molecule has 1 unspecified atom stereocenters. The van der Waals surface area contributed by atoms with Gasteiger partial charge < -0.3 is 14.2 Å². The van der Waals surface area contributed by atoms with E-state index < -0.39 is 11.8 Å². The Hall–Kier alpha value is -0.610. The van der Waals surface area contributed by atoms with Crippen molar-refractivity contribution in [2.45, 2.75) is 32.2 Å². The van der Waals surface area contributed by atoms with E-state index in [1.54, 1.807) is 6.92 Å². The highest BCUT2D eigenvalue weighted by atomic mass is 16.7. The normalized spacial score (nSPS) is 36.1. The minimum Gasteiger partial charge on any atom is -0.465 e. The van der Waals surface area contributed by atoms with Crippen LogP contribution in [-0.2, 0) is 19.0 Å². The topological polar surface area (TPSA) is 44.8 Å². The molecule has 1 aliphatic rings. The van der Waals surface area contributed by atoms with Gasteiger partial charge in [-0.25, -0.2) is 4.79 Å². The summed E-state index contributed by atoms with van der Waals surface area (Å²) in [6.45, 7) is 4.02. The second kappa shape index (κ2) is 3.41. The van der Waals surface area contributed by atoms with E-state index in [1.807, 2.05) is 6.92 Å². The van der Waals surface area contributed by atoms with Crippen LogP contribution in [0.2, 0.25) is 0 Å². The van der Waals surface area contributed by atoms with Crippen molar-refractivity contribution in [3.05, 3.63) is 0 Å².